The molecule has 1 aliphatic rings. The van der Waals surface area contributed by atoms with Crippen molar-refractivity contribution in [3.05, 3.63) is 65.3 Å². The number of nitroso groups, excluding NO2 is 1. The number of esters is 1. The number of carboxylic acids is 3. The number of aliphatic hydroxyl groups is 1. The van der Waals surface area contributed by atoms with Gasteiger partial charge < -0.3 is 34.6 Å². The lowest BCUT2D eigenvalue weighted by Crippen LogP contribution is -2.42. The van der Waals surface area contributed by atoms with E-state index in [0.29, 0.717) is 23.2 Å². The Bertz CT molecular complexity index is 1910. The van der Waals surface area contributed by atoms with Gasteiger partial charge in [-0.05, 0) is 70.1 Å². The molecule has 0 atom stereocenters. The van der Waals surface area contributed by atoms with Crippen LogP contribution in [0.25, 0.3) is 22.4 Å². The number of aryl methyl sites for hydroxylation is 1. The minimum Gasteiger partial charge on any atom is -0.481 e. The largest absolute Gasteiger partial charge is 0.481 e. The van der Waals surface area contributed by atoms with Crippen molar-refractivity contribution in [2.75, 3.05) is 26.7 Å². The number of piperidine rings is 1. The van der Waals surface area contributed by atoms with Crippen LogP contribution in [-0.4, -0.2) is 106 Å². The van der Waals surface area contributed by atoms with Crippen LogP contribution in [0.2, 0.25) is 0 Å². The van der Waals surface area contributed by atoms with Gasteiger partial charge in [-0.2, -0.15) is 0 Å². The number of rotatable bonds is 17. The minimum absolute atomic E-state index is 0.0924. The van der Waals surface area contributed by atoms with Crippen LogP contribution in [0, 0.1) is 11.8 Å². The lowest BCUT2D eigenvalue weighted by molar-refractivity contribution is -0.170. The Morgan fingerprint density at radius 3 is 2.19 bits per heavy atom. The first-order valence-corrected chi connectivity index (χ1v) is 18.6. The second-order valence-electron chi connectivity index (χ2n) is 12.6. The number of ether oxygens (including phenoxy) is 1. The van der Waals surface area contributed by atoms with Crippen LogP contribution >= 0.6 is 11.9 Å². The van der Waals surface area contributed by atoms with Gasteiger partial charge in [-0.15, -0.1) is 4.91 Å². The number of amides is 1. The number of aromatic nitrogens is 1. The molecule has 2 aromatic carbocycles. The molecule has 18 nitrogen and oxygen atoms in total. The molecule has 1 fully saturated rings. The van der Waals surface area contributed by atoms with Crippen molar-refractivity contribution in [2.45, 2.75) is 67.1 Å². The molecular weight excluding hydrogens is 753 g/mol. The summed E-state index contributed by atoms with van der Waals surface area (Å²) in [5.41, 5.74) is 1.22. The Kier molecular flexibility index (Phi) is 15.4. The highest BCUT2D eigenvalue weighted by molar-refractivity contribution is 7.99. The summed E-state index contributed by atoms with van der Waals surface area (Å²) in [6.45, 7) is 3.71. The number of likely N-dealkylation sites (tertiary alicyclic amines) is 1. The number of carbonyl (C=O) groups is 5. The van der Waals surface area contributed by atoms with Crippen LogP contribution in [0.3, 0.4) is 0 Å². The molecule has 0 bridgehead atoms. The van der Waals surface area contributed by atoms with Crippen LogP contribution in [-0.2, 0) is 38.7 Å². The van der Waals surface area contributed by atoms with E-state index in [2.05, 4.69) is 14.6 Å². The molecule has 5 N–H and O–H groups in total. The number of sulfonamides is 1. The molecule has 0 unspecified atom stereocenters. The highest BCUT2D eigenvalue weighted by Gasteiger charge is 2.41. The molecular formula is C34H40N4O14S2. The van der Waals surface area contributed by atoms with E-state index in [1.807, 2.05) is 43.0 Å². The molecule has 54 heavy (non-hydrogen) atoms. The van der Waals surface area contributed by atoms with Crippen molar-refractivity contribution in [3.8, 4) is 22.4 Å². The van der Waals surface area contributed by atoms with Gasteiger partial charge in [0.2, 0.25) is 5.91 Å². The van der Waals surface area contributed by atoms with E-state index in [4.69, 9.17) is 29.7 Å². The predicted octanol–water partition coefficient (Wildman–Crippen LogP) is 3.47. The second-order valence-corrected chi connectivity index (χ2v) is 15.5. The van der Waals surface area contributed by atoms with Gasteiger partial charge in [0.25, 0.3) is 10.0 Å². The molecule has 2 heterocycles. The minimum atomic E-state index is -4.15. The van der Waals surface area contributed by atoms with Crippen LogP contribution < -0.4 is 4.72 Å². The first-order chi connectivity index (χ1) is 25.4. The number of benzene rings is 2. The van der Waals surface area contributed by atoms with Gasteiger partial charge in [0, 0.05) is 38.8 Å². The topological polar surface area (TPSA) is 280 Å². The van der Waals surface area contributed by atoms with Crippen molar-refractivity contribution in [3.63, 3.8) is 0 Å². The van der Waals surface area contributed by atoms with E-state index in [-0.39, 0.29) is 29.1 Å². The van der Waals surface area contributed by atoms with Crippen molar-refractivity contribution >= 4 is 51.8 Å². The van der Waals surface area contributed by atoms with Crippen molar-refractivity contribution in [1.29, 1.82) is 0 Å². The van der Waals surface area contributed by atoms with Gasteiger partial charge in [-0.25, -0.2) is 17.9 Å². The number of nitrogens with zero attached hydrogens (tertiary/aromatic N) is 3. The average Bonchev–Trinajstić information content (AvgIpc) is 3.59. The maximum atomic E-state index is 12.8. The number of hydrogen-bond donors (Lipinski definition) is 5. The van der Waals surface area contributed by atoms with Crippen LogP contribution in [0.5, 0.6) is 0 Å². The molecule has 0 saturated carbocycles. The van der Waals surface area contributed by atoms with E-state index in [1.54, 1.807) is 12.1 Å². The zero-order valence-electron chi connectivity index (χ0n) is 29.3. The highest BCUT2D eigenvalue weighted by Crippen LogP contribution is 2.39. The molecule has 0 spiro atoms. The molecule has 292 valence electrons. The third-order valence-electron chi connectivity index (χ3n) is 8.38. The van der Waals surface area contributed by atoms with Gasteiger partial charge in [0.05, 0.1) is 30.8 Å². The number of hydrogen-bond acceptors (Lipinski definition) is 15. The Labute approximate surface area is 314 Å². The predicted molar refractivity (Wildman–Crippen MR) is 192 cm³/mol. The monoisotopic (exact) mass is 792 g/mol. The summed E-state index contributed by atoms with van der Waals surface area (Å²) in [7, 11) is -2.14. The van der Waals surface area contributed by atoms with E-state index in [1.165, 1.54) is 18.4 Å². The van der Waals surface area contributed by atoms with Gasteiger partial charge in [0.1, 0.15) is 12.0 Å². The summed E-state index contributed by atoms with van der Waals surface area (Å²) in [5.74, 6) is -6.46. The lowest BCUT2D eigenvalue weighted by Gasteiger charge is -2.37. The maximum absolute atomic E-state index is 12.8. The van der Waals surface area contributed by atoms with E-state index in [9.17, 15) is 37.3 Å². The lowest BCUT2D eigenvalue weighted by atomic mass is 9.93. The Morgan fingerprint density at radius 1 is 1.00 bits per heavy atom. The molecule has 1 saturated heterocycles. The van der Waals surface area contributed by atoms with E-state index < -0.39 is 58.3 Å². The van der Waals surface area contributed by atoms with Gasteiger partial charge >= 0.3 is 23.9 Å². The van der Waals surface area contributed by atoms with Crippen molar-refractivity contribution < 1.29 is 62.1 Å². The van der Waals surface area contributed by atoms with Crippen LogP contribution in [0.4, 0.5) is 0 Å². The zero-order chi connectivity index (χ0) is 40.1. The quantitative estimate of drug-likeness (QED) is 0.0743. The third kappa shape index (κ3) is 12.7. The number of carboxylic acid groups (broad SMARTS) is 3. The van der Waals surface area contributed by atoms with Gasteiger partial charge in [-0.3, -0.25) is 19.2 Å². The molecule has 1 aliphatic heterocycles. The summed E-state index contributed by atoms with van der Waals surface area (Å²) >= 11 is 0.989. The summed E-state index contributed by atoms with van der Waals surface area (Å²) in [5, 5.41) is 37.9. The van der Waals surface area contributed by atoms with E-state index in [0.717, 1.165) is 49.0 Å². The standard InChI is InChI=1S/C28H32N4O7S2.C6H8O7/c1-20-4-3-5-22(18-20)27-24(19-39-29-27)21-6-8-23(9-7-21)41(36,37)30-25(33)10-11-26(34)38-17-14-28(40-31-35)12-15-32(2)16-13-28;7-3(8)1-6(13,5(11)12)2-4(9)10/h3-9,18-19H,10-17H2,1-2H3,(H,30,33);13H,1-2H2,(H,7,8)(H,9,10)(H,11,12). The average molecular weight is 793 g/mol. The maximum Gasteiger partial charge on any atom is 0.336 e. The zero-order valence-corrected chi connectivity index (χ0v) is 30.9. The third-order valence-corrected chi connectivity index (χ3v) is 10.8. The summed E-state index contributed by atoms with van der Waals surface area (Å²) < 4.78 is 40.6. The number of carbonyl (C=O) groups excluding carboxylic acids is 2. The van der Waals surface area contributed by atoms with Crippen LogP contribution in [0.15, 0.2) is 68.8 Å². The first-order valence-electron chi connectivity index (χ1n) is 16.3. The van der Waals surface area contributed by atoms with E-state index >= 15 is 0 Å². The molecule has 1 aromatic heterocycles. The van der Waals surface area contributed by atoms with Crippen LogP contribution in [0.1, 0.15) is 50.5 Å². The Hall–Kier alpha value is -5.18. The fourth-order valence-corrected chi connectivity index (χ4v) is 7.07. The molecule has 4 rings (SSSR count). The molecule has 0 radical (unpaired) electrons. The van der Waals surface area contributed by atoms with Gasteiger partial charge in [-0.1, -0.05) is 41.1 Å². The molecule has 20 heteroatoms. The summed E-state index contributed by atoms with van der Waals surface area (Å²) in [6, 6.07) is 13.8. The molecule has 3 aromatic rings. The highest BCUT2D eigenvalue weighted by atomic mass is 32.2. The Morgan fingerprint density at radius 2 is 1.63 bits per heavy atom. The molecule has 0 aliphatic carbocycles. The fraction of sp³-hybridized carbons (Fsp3) is 0.412. The first kappa shape index (κ1) is 43.2. The number of aliphatic carboxylic acids is 3. The molecule has 1 amide bonds. The van der Waals surface area contributed by atoms with Crippen molar-refractivity contribution in [1.82, 2.24) is 14.8 Å². The normalized spacial score (nSPS) is 14.2. The van der Waals surface area contributed by atoms with Gasteiger partial charge in [0.15, 0.2) is 5.60 Å². The summed E-state index contributed by atoms with van der Waals surface area (Å²) in [6.07, 6.45) is 0.566. The Balaban J connectivity index is 0.000000515. The smallest absolute Gasteiger partial charge is 0.336 e. The second kappa shape index (κ2) is 19.2. The fourth-order valence-electron chi connectivity index (χ4n) is 5.36. The number of nitrogens with one attached hydrogen (secondary N) is 1. The summed E-state index contributed by atoms with van der Waals surface area (Å²) in [4.78, 5) is 67.9. The van der Waals surface area contributed by atoms with Crippen molar-refractivity contribution in [2.24, 2.45) is 4.58 Å². The SMILES string of the molecule is Cc1cccc(-c2nocc2-c2ccc(S(=O)(=O)NC(=O)CCC(=O)OCCC3(SN=O)CCN(C)CC3)cc2)c1.O=C(O)CC(O)(CC(=O)O)C(=O)O.